The number of aliphatic hydroxyl groups is 1. The molecule has 1 aliphatic carbocycles. The quantitative estimate of drug-likeness (QED) is 0.413. The number of morpholine rings is 2. The highest BCUT2D eigenvalue weighted by Gasteiger charge is 2.45. The molecular weight excluding hydrogens is 508 g/mol. The average molecular weight is 536 g/mol. The summed E-state index contributed by atoms with van der Waals surface area (Å²) in [6.45, 7) is 1.09. The molecule has 2 aliphatic heterocycles. The zero-order valence-electron chi connectivity index (χ0n) is 21.2. The fraction of sp³-hybridized carbons (Fsp3) is 0.393. The van der Waals surface area contributed by atoms with E-state index >= 15 is 0 Å². The van der Waals surface area contributed by atoms with Gasteiger partial charge < -0.3 is 28.6 Å². The van der Waals surface area contributed by atoms with Crippen molar-refractivity contribution in [3.63, 3.8) is 0 Å². The van der Waals surface area contributed by atoms with Crippen molar-refractivity contribution >= 4 is 11.6 Å². The molecule has 9 nitrogen and oxygen atoms in total. The van der Waals surface area contributed by atoms with Crippen molar-refractivity contribution in [1.29, 1.82) is 0 Å². The lowest BCUT2D eigenvalue weighted by Gasteiger charge is -2.45. The normalized spacial score (nSPS) is 26.3. The van der Waals surface area contributed by atoms with Crippen molar-refractivity contribution in [2.24, 2.45) is 0 Å². The van der Waals surface area contributed by atoms with Gasteiger partial charge in [0.1, 0.15) is 17.0 Å². The molecule has 5 heterocycles. The predicted molar refractivity (Wildman–Crippen MR) is 137 cm³/mol. The van der Waals surface area contributed by atoms with Gasteiger partial charge in [-0.1, -0.05) is 18.2 Å². The molecule has 2 saturated heterocycles. The van der Waals surface area contributed by atoms with Gasteiger partial charge in [-0.05, 0) is 31.5 Å². The molecule has 11 heteroatoms. The van der Waals surface area contributed by atoms with Crippen LogP contribution in [0.25, 0.3) is 16.8 Å². The molecule has 3 aliphatic rings. The Labute approximate surface area is 223 Å². The van der Waals surface area contributed by atoms with Crippen molar-refractivity contribution < 1.29 is 28.1 Å². The minimum atomic E-state index is -2.95. The van der Waals surface area contributed by atoms with Crippen molar-refractivity contribution in [3.05, 3.63) is 71.9 Å². The van der Waals surface area contributed by atoms with Crippen LogP contribution in [0.5, 0.6) is 5.75 Å². The molecule has 0 radical (unpaired) electrons. The first-order valence-corrected chi connectivity index (χ1v) is 12.9. The van der Waals surface area contributed by atoms with Gasteiger partial charge in [0, 0.05) is 41.2 Å². The summed E-state index contributed by atoms with van der Waals surface area (Å²) in [7, 11) is 0. The lowest BCUT2D eigenvalue weighted by molar-refractivity contribution is -0.0506. The van der Waals surface area contributed by atoms with Crippen LogP contribution in [0.2, 0.25) is 0 Å². The maximum Gasteiger partial charge on any atom is 0.387 e. The van der Waals surface area contributed by atoms with Gasteiger partial charge in [0.25, 0.3) is 0 Å². The first-order chi connectivity index (χ1) is 18.9. The van der Waals surface area contributed by atoms with E-state index in [1.807, 2.05) is 22.7 Å². The van der Waals surface area contributed by atoms with Crippen LogP contribution in [0.3, 0.4) is 0 Å². The topological polar surface area (TPSA) is 94.2 Å². The molecule has 1 N–H and O–H groups in total. The summed E-state index contributed by atoms with van der Waals surface area (Å²) in [5.41, 5.74) is 2.97. The van der Waals surface area contributed by atoms with E-state index in [0.29, 0.717) is 55.7 Å². The molecule has 0 unspecified atom stereocenters. The molecular formula is C28H27F2N5O4. The molecule has 1 aromatic carbocycles. The largest absolute Gasteiger partial charge is 0.435 e. The number of pyridine rings is 1. The zero-order valence-corrected chi connectivity index (χ0v) is 21.2. The van der Waals surface area contributed by atoms with E-state index in [1.165, 1.54) is 6.07 Å². The lowest BCUT2D eigenvalue weighted by Crippen LogP contribution is -2.60. The summed E-state index contributed by atoms with van der Waals surface area (Å²) in [5.74, 6) is 0.350. The van der Waals surface area contributed by atoms with Gasteiger partial charge in [0.2, 0.25) is 5.95 Å². The smallest absolute Gasteiger partial charge is 0.387 e. The molecule has 2 atom stereocenters. The fourth-order valence-corrected chi connectivity index (χ4v) is 6.11. The van der Waals surface area contributed by atoms with Crippen LogP contribution < -0.4 is 9.64 Å². The third-order valence-corrected chi connectivity index (χ3v) is 7.84. The third-order valence-electron chi connectivity index (χ3n) is 7.84. The minimum Gasteiger partial charge on any atom is -0.435 e. The number of alkyl halides is 2. The summed E-state index contributed by atoms with van der Waals surface area (Å²) in [6, 6.07) is 10.7. The number of hydrogen-bond donors (Lipinski definition) is 1. The van der Waals surface area contributed by atoms with Crippen LogP contribution in [0, 0.1) is 0 Å². The number of aromatic nitrogens is 4. The van der Waals surface area contributed by atoms with Gasteiger partial charge in [0.05, 0.1) is 49.9 Å². The Hall–Kier alpha value is -3.67. The average Bonchev–Trinajstić information content (AvgIpc) is 3.43. The standard InChI is InChI=1S/C28H27F2N5O4/c1-28(36)8-21(20-4-2-3-5-22(20)39-26(29)30)24-25(28)33-23-7-6-16(11-34(23)24)17-9-31-27(32-10-17)35-18-12-37-14-19(35)15-38-13-18/h2-7,9-11,18-19,21,26,36H,8,12-15H2,1H3/t18-,19+,21-,28+/m1/s1. The summed E-state index contributed by atoms with van der Waals surface area (Å²) in [5, 5.41) is 11.3. The van der Waals surface area contributed by atoms with E-state index in [2.05, 4.69) is 14.9 Å². The molecule has 7 rings (SSSR count). The number of benzene rings is 1. The highest BCUT2D eigenvalue weighted by atomic mass is 19.3. The Balaban J connectivity index is 1.27. The Morgan fingerprint density at radius 2 is 1.69 bits per heavy atom. The SMILES string of the molecule is C[C@]1(O)C[C@H](c2ccccc2OC(F)F)c2c1nc1ccc(-c3cnc(N4[C@H]5COC[C@@H]4COC5)nc3)cn21. The van der Waals surface area contributed by atoms with E-state index < -0.39 is 18.1 Å². The van der Waals surface area contributed by atoms with Crippen molar-refractivity contribution in [1.82, 2.24) is 19.4 Å². The maximum atomic E-state index is 13.2. The second-order valence-corrected chi connectivity index (χ2v) is 10.5. The Morgan fingerprint density at radius 3 is 2.38 bits per heavy atom. The first-order valence-electron chi connectivity index (χ1n) is 12.9. The molecule has 2 bridgehead atoms. The maximum absolute atomic E-state index is 13.2. The Morgan fingerprint density at radius 1 is 1.00 bits per heavy atom. The van der Waals surface area contributed by atoms with Crippen LogP contribution in [0.15, 0.2) is 55.0 Å². The number of nitrogens with zero attached hydrogens (tertiary/aromatic N) is 5. The van der Waals surface area contributed by atoms with Crippen molar-refractivity contribution in [3.8, 4) is 16.9 Å². The zero-order chi connectivity index (χ0) is 26.7. The number of hydrogen-bond acceptors (Lipinski definition) is 8. The highest BCUT2D eigenvalue weighted by Crippen LogP contribution is 2.49. The summed E-state index contributed by atoms with van der Waals surface area (Å²) in [4.78, 5) is 16.3. The second-order valence-electron chi connectivity index (χ2n) is 10.5. The number of fused-ring (bicyclic) bond motifs is 5. The molecule has 3 aromatic heterocycles. The van der Waals surface area contributed by atoms with Gasteiger partial charge in [-0.2, -0.15) is 8.78 Å². The third kappa shape index (κ3) is 4.12. The molecule has 0 saturated carbocycles. The van der Waals surface area contributed by atoms with E-state index in [-0.39, 0.29) is 17.8 Å². The second kappa shape index (κ2) is 9.22. The van der Waals surface area contributed by atoms with Crippen LogP contribution in [-0.2, 0) is 15.1 Å². The summed E-state index contributed by atoms with van der Waals surface area (Å²) >= 11 is 0. The minimum absolute atomic E-state index is 0.0922. The number of imidazole rings is 1. The molecule has 2 fully saturated rings. The number of para-hydroxylation sites is 1. The van der Waals surface area contributed by atoms with Gasteiger partial charge in [-0.15, -0.1) is 0 Å². The number of halogens is 2. The molecule has 202 valence electrons. The van der Waals surface area contributed by atoms with E-state index in [9.17, 15) is 13.9 Å². The Kier molecular flexibility index (Phi) is 5.76. The lowest BCUT2D eigenvalue weighted by atomic mass is 9.93. The number of rotatable bonds is 5. The van der Waals surface area contributed by atoms with Crippen LogP contribution in [-0.4, -0.2) is 69.6 Å². The van der Waals surface area contributed by atoms with Crippen molar-refractivity contribution in [2.45, 2.75) is 43.6 Å². The fourth-order valence-electron chi connectivity index (χ4n) is 6.11. The molecule has 0 amide bonds. The first kappa shape index (κ1) is 24.4. The summed E-state index contributed by atoms with van der Waals surface area (Å²) in [6.07, 6.45) is 5.82. The van der Waals surface area contributed by atoms with Gasteiger partial charge in [-0.3, -0.25) is 0 Å². The van der Waals surface area contributed by atoms with Gasteiger partial charge >= 0.3 is 6.61 Å². The van der Waals surface area contributed by atoms with Gasteiger partial charge in [0.15, 0.2) is 0 Å². The summed E-state index contributed by atoms with van der Waals surface area (Å²) < 4.78 is 44.5. The highest BCUT2D eigenvalue weighted by molar-refractivity contribution is 5.65. The van der Waals surface area contributed by atoms with Gasteiger partial charge in [-0.25, -0.2) is 15.0 Å². The molecule has 39 heavy (non-hydrogen) atoms. The van der Waals surface area contributed by atoms with E-state index in [4.69, 9.17) is 19.2 Å². The predicted octanol–water partition coefficient (Wildman–Crippen LogP) is 3.74. The van der Waals surface area contributed by atoms with E-state index in [0.717, 1.165) is 16.8 Å². The van der Waals surface area contributed by atoms with Crippen LogP contribution >= 0.6 is 0 Å². The van der Waals surface area contributed by atoms with Crippen molar-refractivity contribution in [2.75, 3.05) is 31.3 Å². The molecule has 0 spiro atoms. The van der Waals surface area contributed by atoms with Crippen LogP contribution in [0.4, 0.5) is 14.7 Å². The molecule has 4 aromatic rings. The van der Waals surface area contributed by atoms with Crippen LogP contribution in [0.1, 0.15) is 36.2 Å². The number of anilines is 1. The Bertz CT molecular complexity index is 1500. The number of ether oxygens (including phenoxy) is 3. The van der Waals surface area contributed by atoms with E-state index in [1.54, 1.807) is 37.5 Å². The monoisotopic (exact) mass is 535 g/mol.